The molecule has 2 rings (SSSR count). The number of hydrogen-bond donors (Lipinski definition) is 1. The van der Waals surface area contributed by atoms with Gasteiger partial charge in [0.2, 0.25) is 5.91 Å². The van der Waals surface area contributed by atoms with Crippen LogP contribution in [0.3, 0.4) is 0 Å². The summed E-state index contributed by atoms with van der Waals surface area (Å²) >= 11 is 5.81. The van der Waals surface area contributed by atoms with Gasteiger partial charge in [0.1, 0.15) is 5.82 Å². The van der Waals surface area contributed by atoms with Crippen LogP contribution in [0.4, 0.5) is 15.8 Å². The molecule has 0 aliphatic carbocycles. The second-order valence-electron chi connectivity index (χ2n) is 4.30. The van der Waals surface area contributed by atoms with Gasteiger partial charge in [-0.25, -0.2) is 4.39 Å². The molecular formula is C15H10ClFN2O3. The minimum absolute atomic E-state index is 0.255. The molecule has 0 saturated carbocycles. The number of nitro groups is 1. The van der Waals surface area contributed by atoms with E-state index in [1.165, 1.54) is 12.2 Å². The van der Waals surface area contributed by atoms with Gasteiger partial charge in [0, 0.05) is 23.2 Å². The van der Waals surface area contributed by atoms with Crippen LogP contribution >= 0.6 is 11.6 Å². The van der Waals surface area contributed by atoms with Crippen LogP contribution in [-0.4, -0.2) is 10.8 Å². The molecule has 2 aromatic carbocycles. The molecule has 0 saturated heterocycles. The number of carbonyl (C=O) groups is 1. The van der Waals surface area contributed by atoms with Crippen molar-refractivity contribution in [2.75, 3.05) is 5.32 Å². The number of carbonyl (C=O) groups excluding carboxylic acids is 1. The molecule has 0 unspecified atom stereocenters. The van der Waals surface area contributed by atoms with Crippen LogP contribution in [0.1, 0.15) is 5.56 Å². The highest BCUT2D eigenvalue weighted by molar-refractivity contribution is 6.30. The molecule has 0 aliphatic heterocycles. The summed E-state index contributed by atoms with van der Waals surface area (Å²) in [4.78, 5) is 21.7. The first-order valence-corrected chi connectivity index (χ1v) is 6.52. The van der Waals surface area contributed by atoms with Crippen molar-refractivity contribution in [3.63, 3.8) is 0 Å². The first-order chi connectivity index (χ1) is 10.5. The summed E-state index contributed by atoms with van der Waals surface area (Å²) in [5.74, 6) is -1.37. The van der Waals surface area contributed by atoms with Crippen molar-refractivity contribution in [2.45, 2.75) is 0 Å². The Morgan fingerprint density at radius 3 is 2.73 bits per heavy atom. The molecule has 22 heavy (non-hydrogen) atoms. The van der Waals surface area contributed by atoms with Gasteiger partial charge in [0.25, 0.3) is 5.69 Å². The van der Waals surface area contributed by atoms with E-state index in [9.17, 15) is 19.3 Å². The molecule has 0 spiro atoms. The minimum atomic E-state index is -0.755. The van der Waals surface area contributed by atoms with Crippen molar-refractivity contribution in [3.05, 3.63) is 75.1 Å². The summed E-state index contributed by atoms with van der Waals surface area (Å²) in [5, 5.41) is 13.4. The Kier molecular flexibility index (Phi) is 4.85. The number of halogens is 2. The molecule has 112 valence electrons. The van der Waals surface area contributed by atoms with Gasteiger partial charge < -0.3 is 5.32 Å². The number of rotatable bonds is 4. The second-order valence-corrected chi connectivity index (χ2v) is 4.74. The second kappa shape index (κ2) is 6.82. The van der Waals surface area contributed by atoms with Crippen LogP contribution in [0.5, 0.6) is 0 Å². The third-order valence-electron chi connectivity index (χ3n) is 2.69. The summed E-state index contributed by atoms with van der Waals surface area (Å²) in [6.07, 6.45) is 2.68. The van der Waals surface area contributed by atoms with Gasteiger partial charge in [-0.2, -0.15) is 0 Å². The van der Waals surface area contributed by atoms with Crippen LogP contribution in [0.25, 0.3) is 6.08 Å². The highest BCUT2D eigenvalue weighted by atomic mass is 35.5. The zero-order valence-electron chi connectivity index (χ0n) is 11.1. The van der Waals surface area contributed by atoms with E-state index in [2.05, 4.69) is 5.32 Å². The van der Waals surface area contributed by atoms with Crippen molar-refractivity contribution in [1.82, 2.24) is 0 Å². The van der Waals surface area contributed by atoms with Crippen LogP contribution < -0.4 is 5.32 Å². The Morgan fingerprint density at radius 1 is 1.27 bits per heavy atom. The van der Waals surface area contributed by atoms with Crippen LogP contribution in [0, 0.1) is 15.9 Å². The summed E-state index contributed by atoms with van der Waals surface area (Å²) in [7, 11) is 0. The molecule has 0 atom stereocenters. The van der Waals surface area contributed by atoms with Gasteiger partial charge in [0.05, 0.1) is 10.6 Å². The first kappa shape index (κ1) is 15.7. The molecule has 1 N–H and O–H groups in total. The van der Waals surface area contributed by atoms with E-state index in [1.54, 1.807) is 24.3 Å². The number of hydrogen-bond acceptors (Lipinski definition) is 3. The van der Waals surface area contributed by atoms with Crippen LogP contribution in [0.2, 0.25) is 5.02 Å². The Bertz CT molecular complexity index is 762. The van der Waals surface area contributed by atoms with E-state index >= 15 is 0 Å². The Hall–Kier alpha value is -2.73. The third-order valence-corrected chi connectivity index (χ3v) is 2.93. The van der Waals surface area contributed by atoms with Gasteiger partial charge in [-0.05, 0) is 29.8 Å². The van der Waals surface area contributed by atoms with Crippen molar-refractivity contribution >= 4 is 35.0 Å². The fraction of sp³-hybridized carbons (Fsp3) is 0. The molecule has 1 amide bonds. The van der Waals surface area contributed by atoms with Gasteiger partial charge in [0.15, 0.2) is 0 Å². The number of nitrogens with one attached hydrogen (secondary N) is 1. The molecule has 0 aliphatic rings. The Morgan fingerprint density at radius 2 is 2.05 bits per heavy atom. The summed E-state index contributed by atoms with van der Waals surface area (Å²) < 4.78 is 13.5. The number of nitro benzene ring substituents is 1. The molecule has 0 fully saturated rings. The summed E-state index contributed by atoms with van der Waals surface area (Å²) in [6.45, 7) is 0. The van der Waals surface area contributed by atoms with E-state index < -0.39 is 16.6 Å². The Labute approximate surface area is 130 Å². The van der Waals surface area contributed by atoms with E-state index in [0.717, 1.165) is 18.2 Å². The standard InChI is InChI=1S/C15H10ClFN2O3/c16-11-3-1-2-10(8-11)4-7-15(20)18-14-9-12(19(21)22)5-6-13(14)17/h1-9H,(H,18,20). The molecule has 0 bridgehead atoms. The smallest absolute Gasteiger partial charge is 0.271 e. The average Bonchev–Trinajstić information content (AvgIpc) is 2.47. The minimum Gasteiger partial charge on any atom is -0.320 e. The van der Waals surface area contributed by atoms with Gasteiger partial charge >= 0.3 is 0 Å². The van der Waals surface area contributed by atoms with E-state index in [-0.39, 0.29) is 11.4 Å². The number of benzene rings is 2. The predicted molar refractivity (Wildman–Crippen MR) is 82.2 cm³/mol. The fourth-order valence-electron chi connectivity index (χ4n) is 1.68. The largest absolute Gasteiger partial charge is 0.320 e. The molecule has 2 aromatic rings. The lowest BCUT2D eigenvalue weighted by Gasteiger charge is -2.03. The number of nitrogens with zero attached hydrogens (tertiary/aromatic N) is 1. The maximum Gasteiger partial charge on any atom is 0.271 e. The maximum absolute atomic E-state index is 13.5. The topological polar surface area (TPSA) is 72.2 Å². The number of amides is 1. The van der Waals surface area contributed by atoms with Gasteiger partial charge in [-0.3, -0.25) is 14.9 Å². The number of anilines is 1. The van der Waals surface area contributed by atoms with Crippen molar-refractivity contribution in [1.29, 1.82) is 0 Å². The quantitative estimate of drug-likeness (QED) is 0.525. The monoisotopic (exact) mass is 320 g/mol. The van der Waals surface area contributed by atoms with Gasteiger partial charge in [-0.1, -0.05) is 23.7 Å². The molecule has 0 aromatic heterocycles. The molecule has 7 heteroatoms. The maximum atomic E-state index is 13.5. The average molecular weight is 321 g/mol. The lowest BCUT2D eigenvalue weighted by Crippen LogP contribution is -2.09. The van der Waals surface area contributed by atoms with Crippen LogP contribution in [0.15, 0.2) is 48.5 Å². The van der Waals surface area contributed by atoms with Crippen molar-refractivity contribution < 1.29 is 14.1 Å². The normalized spacial score (nSPS) is 10.6. The molecule has 5 nitrogen and oxygen atoms in total. The third kappa shape index (κ3) is 4.13. The molecule has 0 radical (unpaired) electrons. The van der Waals surface area contributed by atoms with Crippen molar-refractivity contribution in [2.24, 2.45) is 0 Å². The molecule has 0 heterocycles. The first-order valence-electron chi connectivity index (χ1n) is 6.14. The fourth-order valence-corrected chi connectivity index (χ4v) is 1.88. The van der Waals surface area contributed by atoms with Crippen molar-refractivity contribution in [3.8, 4) is 0 Å². The predicted octanol–water partition coefficient (Wildman–Crippen LogP) is 4.04. The lowest BCUT2D eigenvalue weighted by atomic mass is 10.2. The Balaban J connectivity index is 2.12. The van der Waals surface area contributed by atoms with E-state index in [4.69, 9.17) is 11.6 Å². The van der Waals surface area contributed by atoms with E-state index in [1.807, 2.05) is 0 Å². The zero-order chi connectivity index (χ0) is 16.1. The number of non-ortho nitro benzene ring substituents is 1. The molecular weight excluding hydrogens is 311 g/mol. The lowest BCUT2D eigenvalue weighted by molar-refractivity contribution is -0.384. The SMILES string of the molecule is O=C(C=Cc1cccc(Cl)c1)Nc1cc([N+](=O)[O-])ccc1F. The highest BCUT2D eigenvalue weighted by Gasteiger charge is 2.11. The van der Waals surface area contributed by atoms with Crippen LogP contribution in [-0.2, 0) is 4.79 Å². The van der Waals surface area contributed by atoms with Gasteiger partial charge in [-0.15, -0.1) is 0 Å². The van der Waals surface area contributed by atoms with E-state index in [0.29, 0.717) is 10.6 Å². The summed E-state index contributed by atoms with van der Waals surface area (Å²) in [5.41, 5.74) is 0.132. The summed E-state index contributed by atoms with van der Waals surface area (Å²) in [6, 6.07) is 9.71. The highest BCUT2D eigenvalue weighted by Crippen LogP contribution is 2.21. The zero-order valence-corrected chi connectivity index (χ0v) is 11.9.